The molecule has 2 amide bonds. The standard InChI is InChI=1S/C27H30N2O5/c30-25(28-15-7-14-26(31)32)16-18-8-1-6-13-24(18)29-27(33)34-17-23-21-11-4-2-9-19(21)20-10-3-5-12-22(20)23/h2-5,7,9-12,14,18,23-24H,1,6,8,13,15-17H2,(H,28,30)(H,29,33)(H,31,32)/b14-7+/t18-,24-/m0/s1. The number of ether oxygens (including phenoxy) is 1. The fourth-order valence-corrected chi connectivity index (χ4v) is 5.08. The van der Waals surface area contributed by atoms with Crippen LogP contribution in [0.3, 0.4) is 0 Å². The molecule has 3 N–H and O–H groups in total. The van der Waals surface area contributed by atoms with Crippen LogP contribution in [0.2, 0.25) is 0 Å². The lowest BCUT2D eigenvalue weighted by molar-refractivity contribution is -0.131. The molecule has 34 heavy (non-hydrogen) atoms. The molecule has 0 bridgehead atoms. The van der Waals surface area contributed by atoms with Crippen molar-refractivity contribution in [3.05, 3.63) is 71.8 Å². The Bertz CT molecular complexity index is 1030. The molecule has 0 aromatic heterocycles. The zero-order chi connectivity index (χ0) is 23.9. The predicted octanol–water partition coefficient (Wildman–Crippen LogP) is 4.23. The van der Waals surface area contributed by atoms with Crippen molar-refractivity contribution in [3.63, 3.8) is 0 Å². The van der Waals surface area contributed by atoms with E-state index in [0.717, 1.165) is 31.8 Å². The molecular formula is C27H30N2O5. The number of fused-ring (bicyclic) bond motifs is 3. The molecular weight excluding hydrogens is 432 g/mol. The van der Waals surface area contributed by atoms with Gasteiger partial charge in [-0.1, -0.05) is 67.4 Å². The second kappa shape index (κ2) is 11.0. The van der Waals surface area contributed by atoms with Crippen molar-refractivity contribution in [1.29, 1.82) is 0 Å². The molecule has 0 unspecified atom stereocenters. The Morgan fingerprint density at radius 2 is 1.62 bits per heavy atom. The lowest BCUT2D eigenvalue weighted by Gasteiger charge is -2.31. The van der Waals surface area contributed by atoms with E-state index in [1.165, 1.54) is 28.3 Å². The van der Waals surface area contributed by atoms with E-state index >= 15 is 0 Å². The van der Waals surface area contributed by atoms with Gasteiger partial charge in [-0.2, -0.15) is 0 Å². The molecule has 0 heterocycles. The highest BCUT2D eigenvalue weighted by Gasteiger charge is 2.31. The van der Waals surface area contributed by atoms with Crippen molar-refractivity contribution in [1.82, 2.24) is 10.6 Å². The number of carboxylic acids is 1. The highest BCUT2D eigenvalue weighted by Crippen LogP contribution is 2.44. The summed E-state index contributed by atoms with van der Waals surface area (Å²) in [5.74, 6) is -1.17. The van der Waals surface area contributed by atoms with Gasteiger partial charge in [0.05, 0.1) is 0 Å². The van der Waals surface area contributed by atoms with Crippen LogP contribution in [-0.4, -0.2) is 42.3 Å². The third-order valence-electron chi connectivity index (χ3n) is 6.68. The Labute approximate surface area is 199 Å². The van der Waals surface area contributed by atoms with Gasteiger partial charge in [0, 0.05) is 31.0 Å². The first kappa shape index (κ1) is 23.5. The summed E-state index contributed by atoms with van der Waals surface area (Å²) in [5, 5.41) is 14.3. The number of amides is 2. The van der Waals surface area contributed by atoms with E-state index < -0.39 is 12.1 Å². The van der Waals surface area contributed by atoms with Gasteiger partial charge in [-0.3, -0.25) is 4.79 Å². The molecule has 2 aromatic rings. The largest absolute Gasteiger partial charge is 0.478 e. The van der Waals surface area contributed by atoms with E-state index in [2.05, 4.69) is 34.9 Å². The fraction of sp³-hybridized carbons (Fsp3) is 0.370. The molecule has 0 aliphatic heterocycles. The van der Waals surface area contributed by atoms with Crippen LogP contribution in [0.25, 0.3) is 11.1 Å². The number of carboxylic acid groups (broad SMARTS) is 1. The van der Waals surface area contributed by atoms with Gasteiger partial charge in [0.1, 0.15) is 6.61 Å². The molecule has 0 spiro atoms. The number of carbonyl (C=O) groups is 3. The first-order valence-electron chi connectivity index (χ1n) is 11.8. The molecule has 2 atom stereocenters. The molecule has 2 aromatic carbocycles. The smallest absolute Gasteiger partial charge is 0.407 e. The van der Waals surface area contributed by atoms with Gasteiger partial charge >= 0.3 is 12.1 Å². The van der Waals surface area contributed by atoms with Crippen molar-refractivity contribution in [2.75, 3.05) is 13.2 Å². The van der Waals surface area contributed by atoms with E-state index in [1.807, 2.05) is 24.3 Å². The third kappa shape index (κ3) is 5.65. The summed E-state index contributed by atoms with van der Waals surface area (Å²) in [6.07, 6.45) is 5.90. The summed E-state index contributed by atoms with van der Waals surface area (Å²) in [5.41, 5.74) is 4.70. The summed E-state index contributed by atoms with van der Waals surface area (Å²) in [6.45, 7) is 0.427. The number of hydrogen-bond donors (Lipinski definition) is 3. The van der Waals surface area contributed by atoms with Crippen molar-refractivity contribution < 1.29 is 24.2 Å². The molecule has 1 saturated carbocycles. The molecule has 2 aliphatic carbocycles. The van der Waals surface area contributed by atoms with E-state index in [9.17, 15) is 14.4 Å². The Morgan fingerprint density at radius 3 is 2.29 bits per heavy atom. The zero-order valence-corrected chi connectivity index (χ0v) is 19.0. The number of alkyl carbamates (subject to hydrolysis) is 1. The summed E-state index contributed by atoms with van der Waals surface area (Å²) in [6, 6.07) is 16.3. The van der Waals surface area contributed by atoms with Gasteiger partial charge in [-0.05, 0) is 41.0 Å². The third-order valence-corrected chi connectivity index (χ3v) is 6.68. The Balaban J connectivity index is 1.31. The summed E-state index contributed by atoms with van der Waals surface area (Å²) in [7, 11) is 0. The Morgan fingerprint density at radius 1 is 0.971 bits per heavy atom. The number of benzene rings is 2. The number of nitrogens with one attached hydrogen (secondary N) is 2. The molecule has 0 saturated heterocycles. The van der Waals surface area contributed by atoms with Gasteiger partial charge in [0.25, 0.3) is 0 Å². The molecule has 7 nitrogen and oxygen atoms in total. The first-order chi connectivity index (χ1) is 16.5. The van der Waals surface area contributed by atoms with Crippen molar-refractivity contribution in [2.24, 2.45) is 5.92 Å². The van der Waals surface area contributed by atoms with Crippen LogP contribution in [0.15, 0.2) is 60.7 Å². The van der Waals surface area contributed by atoms with Crippen LogP contribution >= 0.6 is 0 Å². The number of rotatable bonds is 8. The van der Waals surface area contributed by atoms with Crippen molar-refractivity contribution in [3.8, 4) is 11.1 Å². The lowest BCUT2D eigenvalue weighted by Crippen LogP contribution is -2.44. The van der Waals surface area contributed by atoms with Crippen LogP contribution in [0.4, 0.5) is 4.79 Å². The second-order valence-corrected chi connectivity index (χ2v) is 8.87. The molecule has 1 fully saturated rings. The van der Waals surface area contributed by atoms with Gasteiger partial charge in [-0.15, -0.1) is 0 Å². The van der Waals surface area contributed by atoms with Crippen molar-refractivity contribution in [2.45, 2.75) is 44.1 Å². The minimum Gasteiger partial charge on any atom is -0.478 e. The molecule has 7 heteroatoms. The van der Waals surface area contributed by atoms with Crippen LogP contribution in [0, 0.1) is 5.92 Å². The second-order valence-electron chi connectivity index (χ2n) is 8.87. The van der Waals surface area contributed by atoms with E-state index in [-0.39, 0.29) is 43.4 Å². The Hall–Kier alpha value is -3.61. The van der Waals surface area contributed by atoms with Gasteiger partial charge in [0.2, 0.25) is 5.91 Å². The van der Waals surface area contributed by atoms with E-state index in [1.54, 1.807) is 0 Å². The highest BCUT2D eigenvalue weighted by atomic mass is 16.5. The van der Waals surface area contributed by atoms with E-state index in [0.29, 0.717) is 0 Å². The topological polar surface area (TPSA) is 105 Å². The van der Waals surface area contributed by atoms with Gasteiger partial charge in [-0.25, -0.2) is 9.59 Å². The monoisotopic (exact) mass is 462 g/mol. The zero-order valence-electron chi connectivity index (χ0n) is 19.0. The van der Waals surface area contributed by atoms with E-state index in [4.69, 9.17) is 9.84 Å². The predicted molar refractivity (Wildman–Crippen MR) is 128 cm³/mol. The summed E-state index contributed by atoms with van der Waals surface area (Å²) >= 11 is 0. The van der Waals surface area contributed by atoms with Crippen LogP contribution in [0.1, 0.15) is 49.1 Å². The lowest BCUT2D eigenvalue weighted by atomic mass is 9.82. The van der Waals surface area contributed by atoms with Crippen molar-refractivity contribution >= 4 is 18.0 Å². The average Bonchev–Trinajstić information content (AvgIpc) is 3.15. The van der Waals surface area contributed by atoms with Crippen LogP contribution in [-0.2, 0) is 14.3 Å². The Kier molecular flexibility index (Phi) is 7.62. The molecule has 4 rings (SSSR count). The molecule has 0 radical (unpaired) electrons. The fourth-order valence-electron chi connectivity index (χ4n) is 5.08. The number of aliphatic carboxylic acids is 1. The first-order valence-corrected chi connectivity index (χ1v) is 11.8. The SMILES string of the molecule is O=C(O)/C=C/CNC(=O)C[C@@H]1CCCC[C@@H]1NC(=O)OCC1c2ccccc2-c2ccccc21. The number of carbonyl (C=O) groups excluding carboxylic acids is 2. The maximum atomic E-state index is 12.7. The minimum absolute atomic E-state index is 0.00457. The normalized spacial score (nSPS) is 19.3. The molecule has 178 valence electrons. The van der Waals surface area contributed by atoms with Gasteiger partial charge in [0.15, 0.2) is 0 Å². The highest BCUT2D eigenvalue weighted by molar-refractivity contribution is 5.80. The quantitative estimate of drug-likeness (QED) is 0.509. The maximum Gasteiger partial charge on any atom is 0.407 e. The van der Waals surface area contributed by atoms with Gasteiger partial charge < -0.3 is 20.5 Å². The average molecular weight is 463 g/mol. The maximum absolute atomic E-state index is 12.7. The van der Waals surface area contributed by atoms with Crippen LogP contribution < -0.4 is 10.6 Å². The summed E-state index contributed by atoms with van der Waals surface area (Å²) < 4.78 is 5.68. The minimum atomic E-state index is -1.05. The number of hydrogen-bond acceptors (Lipinski definition) is 4. The molecule has 2 aliphatic rings. The van der Waals surface area contributed by atoms with Crippen LogP contribution in [0.5, 0.6) is 0 Å². The summed E-state index contributed by atoms with van der Waals surface area (Å²) in [4.78, 5) is 35.5.